The first-order valence-electron chi connectivity index (χ1n) is 8.72. The van der Waals surface area contributed by atoms with Crippen LogP contribution >= 0.6 is 0 Å². The molecule has 0 saturated carbocycles. The molecule has 0 bridgehead atoms. The smallest absolute Gasteiger partial charge is 0.161 e. The monoisotopic (exact) mass is 362 g/mol. The minimum absolute atomic E-state index is 0.148. The molecular formula is C20H27FN2O3. The number of rotatable bonds is 11. The summed E-state index contributed by atoms with van der Waals surface area (Å²) in [5.74, 6) is 0.919. The molecule has 0 spiro atoms. The highest BCUT2D eigenvalue weighted by Crippen LogP contribution is 2.29. The van der Waals surface area contributed by atoms with Crippen molar-refractivity contribution in [3.05, 3.63) is 59.4 Å². The van der Waals surface area contributed by atoms with E-state index in [0.717, 1.165) is 18.7 Å². The van der Waals surface area contributed by atoms with Crippen molar-refractivity contribution in [3.63, 3.8) is 0 Å². The van der Waals surface area contributed by atoms with Gasteiger partial charge in [0.2, 0.25) is 0 Å². The SMILES string of the molecule is COc1cc(CNCCNC[C@@H](C)O)ccc1OCc1ccccc1F. The van der Waals surface area contributed by atoms with Crippen LogP contribution in [0.1, 0.15) is 18.1 Å². The fraction of sp³-hybridized carbons (Fsp3) is 0.400. The summed E-state index contributed by atoms with van der Waals surface area (Å²) in [4.78, 5) is 0. The summed E-state index contributed by atoms with van der Waals surface area (Å²) in [6, 6.07) is 12.3. The van der Waals surface area contributed by atoms with Gasteiger partial charge in [-0.25, -0.2) is 4.39 Å². The van der Waals surface area contributed by atoms with Crippen LogP contribution in [0.2, 0.25) is 0 Å². The molecule has 5 nitrogen and oxygen atoms in total. The minimum atomic E-state index is -0.337. The van der Waals surface area contributed by atoms with E-state index in [4.69, 9.17) is 9.47 Å². The number of benzene rings is 2. The molecule has 26 heavy (non-hydrogen) atoms. The van der Waals surface area contributed by atoms with E-state index in [0.29, 0.717) is 30.2 Å². The van der Waals surface area contributed by atoms with Crippen molar-refractivity contribution < 1.29 is 19.0 Å². The van der Waals surface area contributed by atoms with Gasteiger partial charge in [-0.05, 0) is 30.7 Å². The van der Waals surface area contributed by atoms with Gasteiger partial charge in [0.25, 0.3) is 0 Å². The quantitative estimate of drug-likeness (QED) is 0.536. The Balaban J connectivity index is 1.83. The Labute approximate surface area is 154 Å². The molecule has 0 unspecified atom stereocenters. The molecule has 0 aromatic heterocycles. The summed E-state index contributed by atoms with van der Waals surface area (Å²) < 4.78 is 24.8. The van der Waals surface area contributed by atoms with Crippen molar-refractivity contribution in [3.8, 4) is 11.5 Å². The average molecular weight is 362 g/mol. The fourth-order valence-corrected chi connectivity index (χ4v) is 2.43. The van der Waals surface area contributed by atoms with Crippen LogP contribution in [0.25, 0.3) is 0 Å². The number of halogens is 1. The van der Waals surface area contributed by atoms with Gasteiger partial charge < -0.3 is 25.2 Å². The molecule has 0 fully saturated rings. The predicted molar refractivity (Wildman–Crippen MR) is 100.0 cm³/mol. The summed E-state index contributed by atoms with van der Waals surface area (Å²) in [7, 11) is 1.59. The zero-order valence-corrected chi connectivity index (χ0v) is 15.3. The Bertz CT molecular complexity index is 680. The van der Waals surface area contributed by atoms with E-state index in [1.165, 1.54) is 6.07 Å². The van der Waals surface area contributed by atoms with Crippen LogP contribution in [-0.2, 0) is 13.2 Å². The molecule has 6 heteroatoms. The number of methoxy groups -OCH3 is 1. The second-order valence-corrected chi connectivity index (χ2v) is 6.10. The number of hydrogen-bond donors (Lipinski definition) is 3. The maximum Gasteiger partial charge on any atom is 0.161 e. The Morgan fingerprint density at radius 1 is 1.08 bits per heavy atom. The van der Waals surface area contributed by atoms with Crippen LogP contribution in [0.5, 0.6) is 11.5 Å². The Morgan fingerprint density at radius 2 is 1.85 bits per heavy atom. The first kappa shape index (κ1) is 20.2. The lowest BCUT2D eigenvalue weighted by Gasteiger charge is -2.13. The molecule has 0 heterocycles. The molecular weight excluding hydrogens is 335 g/mol. The van der Waals surface area contributed by atoms with Crippen molar-refractivity contribution in [2.45, 2.75) is 26.2 Å². The van der Waals surface area contributed by atoms with Crippen LogP contribution < -0.4 is 20.1 Å². The van der Waals surface area contributed by atoms with Crippen molar-refractivity contribution in [1.82, 2.24) is 10.6 Å². The number of nitrogens with one attached hydrogen (secondary N) is 2. The van der Waals surface area contributed by atoms with E-state index in [1.54, 1.807) is 32.2 Å². The molecule has 0 aliphatic heterocycles. The molecule has 2 rings (SSSR count). The molecule has 2 aromatic rings. The van der Waals surface area contributed by atoms with Gasteiger partial charge in [-0.1, -0.05) is 24.3 Å². The highest BCUT2D eigenvalue weighted by atomic mass is 19.1. The average Bonchev–Trinajstić information content (AvgIpc) is 2.64. The highest BCUT2D eigenvalue weighted by molar-refractivity contribution is 5.43. The van der Waals surface area contributed by atoms with E-state index in [2.05, 4.69) is 10.6 Å². The largest absolute Gasteiger partial charge is 0.493 e. The van der Waals surface area contributed by atoms with Gasteiger partial charge in [0.15, 0.2) is 11.5 Å². The van der Waals surface area contributed by atoms with Crippen LogP contribution in [0.3, 0.4) is 0 Å². The lowest BCUT2D eigenvalue weighted by Crippen LogP contribution is -2.31. The lowest BCUT2D eigenvalue weighted by atomic mass is 10.2. The third-order valence-electron chi connectivity index (χ3n) is 3.82. The third kappa shape index (κ3) is 6.63. The number of hydrogen-bond acceptors (Lipinski definition) is 5. The van der Waals surface area contributed by atoms with E-state index in [-0.39, 0.29) is 18.5 Å². The molecule has 0 radical (unpaired) electrons. The van der Waals surface area contributed by atoms with Crippen LogP contribution in [0, 0.1) is 5.82 Å². The molecule has 2 aromatic carbocycles. The van der Waals surface area contributed by atoms with Gasteiger partial charge in [-0.3, -0.25) is 0 Å². The zero-order valence-electron chi connectivity index (χ0n) is 15.3. The predicted octanol–water partition coefficient (Wildman–Crippen LogP) is 2.47. The maximum atomic E-state index is 13.7. The van der Waals surface area contributed by atoms with Crippen molar-refractivity contribution in [1.29, 1.82) is 0 Å². The van der Waals surface area contributed by atoms with Gasteiger partial charge in [0.1, 0.15) is 12.4 Å². The molecule has 0 saturated heterocycles. The van der Waals surface area contributed by atoms with Crippen LogP contribution in [0.15, 0.2) is 42.5 Å². The normalized spacial score (nSPS) is 12.0. The van der Waals surface area contributed by atoms with Crippen LogP contribution in [0.4, 0.5) is 4.39 Å². The maximum absolute atomic E-state index is 13.7. The summed E-state index contributed by atoms with van der Waals surface area (Å²) in [6.07, 6.45) is -0.337. The third-order valence-corrected chi connectivity index (χ3v) is 3.82. The van der Waals surface area contributed by atoms with Gasteiger partial charge in [0.05, 0.1) is 13.2 Å². The Kier molecular flexibility index (Phi) is 8.34. The summed E-state index contributed by atoms with van der Waals surface area (Å²) in [5, 5.41) is 15.6. The summed E-state index contributed by atoms with van der Waals surface area (Å²) >= 11 is 0. The van der Waals surface area contributed by atoms with Gasteiger partial charge >= 0.3 is 0 Å². The van der Waals surface area contributed by atoms with Crippen molar-refractivity contribution in [2.75, 3.05) is 26.7 Å². The highest BCUT2D eigenvalue weighted by Gasteiger charge is 2.08. The topological polar surface area (TPSA) is 62.8 Å². The number of aliphatic hydroxyl groups is 1. The second kappa shape index (κ2) is 10.8. The summed E-state index contributed by atoms with van der Waals surface area (Å²) in [6.45, 7) is 4.76. The number of ether oxygens (including phenoxy) is 2. The summed E-state index contributed by atoms with van der Waals surface area (Å²) in [5.41, 5.74) is 1.57. The van der Waals surface area contributed by atoms with Gasteiger partial charge in [0, 0.05) is 31.7 Å². The van der Waals surface area contributed by atoms with E-state index < -0.39 is 0 Å². The second-order valence-electron chi connectivity index (χ2n) is 6.10. The number of aliphatic hydroxyl groups excluding tert-OH is 1. The Morgan fingerprint density at radius 3 is 2.58 bits per heavy atom. The zero-order chi connectivity index (χ0) is 18.8. The van der Waals surface area contributed by atoms with Crippen LogP contribution in [-0.4, -0.2) is 38.0 Å². The van der Waals surface area contributed by atoms with E-state index in [1.807, 2.05) is 18.2 Å². The first-order chi connectivity index (χ1) is 12.6. The van der Waals surface area contributed by atoms with Crippen molar-refractivity contribution in [2.24, 2.45) is 0 Å². The molecule has 0 amide bonds. The fourth-order valence-electron chi connectivity index (χ4n) is 2.43. The molecule has 1 atom stereocenters. The minimum Gasteiger partial charge on any atom is -0.493 e. The van der Waals surface area contributed by atoms with E-state index >= 15 is 0 Å². The molecule has 0 aliphatic rings. The van der Waals surface area contributed by atoms with Crippen molar-refractivity contribution >= 4 is 0 Å². The first-order valence-corrected chi connectivity index (χ1v) is 8.72. The molecule has 3 N–H and O–H groups in total. The van der Waals surface area contributed by atoms with E-state index in [9.17, 15) is 9.50 Å². The molecule has 0 aliphatic carbocycles. The lowest BCUT2D eigenvalue weighted by molar-refractivity contribution is 0.191. The van der Waals surface area contributed by atoms with Gasteiger partial charge in [-0.15, -0.1) is 0 Å². The standard InChI is InChI=1S/C20H27FN2O3/c1-15(24)12-22-9-10-23-13-16-7-8-19(20(11-16)25-2)26-14-17-5-3-4-6-18(17)21/h3-8,11,15,22-24H,9-10,12-14H2,1-2H3/t15-/m1/s1. The molecule has 142 valence electrons. The van der Waals surface area contributed by atoms with Gasteiger partial charge in [-0.2, -0.15) is 0 Å². The Hall–Kier alpha value is -2.15.